The van der Waals surface area contributed by atoms with Crippen LogP contribution in [0, 0.1) is 12.7 Å². The number of H-pyrrole nitrogens is 1. The molecule has 2 aromatic carbocycles. The Kier molecular flexibility index (Phi) is 8.75. The van der Waals surface area contributed by atoms with Crippen molar-refractivity contribution in [2.24, 2.45) is 0 Å². The van der Waals surface area contributed by atoms with E-state index in [4.69, 9.17) is 27.1 Å². The van der Waals surface area contributed by atoms with Gasteiger partial charge in [0.1, 0.15) is 17.9 Å². The molecule has 5 rings (SSSR count). The van der Waals surface area contributed by atoms with Gasteiger partial charge in [-0.05, 0) is 57.6 Å². The lowest BCUT2D eigenvalue weighted by Crippen LogP contribution is -2.58. The van der Waals surface area contributed by atoms with Crippen molar-refractivity contribution >= 4 is 50.9 Å². The molecule has 0 aliphatic carbocycles. The number of fused-ring (bicyclic) bond motifs is 2. The second-order valence-electron chi connectivity index (χ2n) is 11.0. The van der Waals surface area contributed by atoms with Crippen LogP contribution < -0.4 is 15.4 Å². The number of nitrogens with zero attached hydrogens (tertiary/aromatic N) is 6. The molecule has 1 aliphatic heterocycles. The van der Waals surface area contributed by atoms with Gasteiger partial charge in [-0.2, -0.15) is 15.1 Å². The van der Waals surface area contributed by atoms with E-state index in [-0.39, 0.29) is 45.9 Å². The maximum atomic E-state index is 16.8. The van der Waals surface area contributed by atoms with Gasteiger partial charge in [0.05, 0.1) is 15.9 Å². The summed E-state index contributed by atoms with van der Waals surface area (Å²) in [6.45, 7) is 17.4. The highest BCUT2D eigenvalue weighted by Crippen LogP contribution is 2.43. The summed E-state index contributed by atoms with van der Waals surface area (Å²) >= 11 is 6.90. The summed E-state index contributed by atoms with van der Waals surface area (Å²) < 4.78 is 22.9. The number of nitrogens with two attached hydrogens (primary N) is 1. The fourth-order valence-electron chi connectivity index (χ4n) is 5.89. The lowest BCUT2D eigenvalue weighted by atomic mass is 9.94. The van der Waals surface area contributed by atoms with Crippen LogP contribution in [0.5, 0.6) is 6.01 Å². The number of rotatable bonds is 9. The van der Waals surface area contributed by atoms with Gasteiger partial charge in [0.15, 0.2) is 11.6 Å². The minimum absolute atomic E-state index is 0.0732. The predicted molar refractivity (Wildman–Crippen MR) is 170 cm³/mol. The van der Waals surface area contributed by atoms with Crippen molar-refractivity contribution in [3.63, 3.8) is 0 Å². The van der Waals surface area contributed by atoms with Crippen molar-refractivity contribution in [3.05, 3.63) is 47.3 Å². The van der Waals surface area contributed by atoms with E-state index in [9.17, 15) is 4.79 Å². The van der Waals surface area contributed by atoms with Crippen molar-refractivity contribution in [3.8, 4) is 17.1 Å². The molecular formula is C31H38ClFN8O2. The molecule has 1 fully saturated rings. The van der Waals surface area contributed by atoms with Crippen LogP contribution in [0.4, 0.5) is 16.0 Å². The number of aryl methyl sites for hydroxylation is 1. The van der Waals surface area contributed by atoms with Gasteiger partial charge in [-0.3, -0.25) is 9.89 Å². The number of carbonyl (C=O) groups is 1. The zero-order valence-electron chi connectivity index (χ0n) is 25.2. The molecule has 2 atom stereocenters. The monoisotopic (exact) mass is 608 g/mol. The van der Waals surface area contributed by atoms with E-state index in [1.807, 2.05) is 32.9 Å². The minimum atomic E-state index is -0.600. The highest BCUT2D eigenvalue weighted by atomic mass is 35.5. The van der Waals surface area contributed by atoms with Gasteiger partial charge >= 0.3 is 6.01 Å². The second-order valence-corrected chi connectivity index (χ2v) is 11.4. The highest BCUT2D eigenvalue weighted by molar-refractivity contribution is 6.35. The van der Waals surface area contributed by atoms with Gasteiger partial charge in [-0.25, -0.2) is 4.39 Å². The molecule has 3 heterocycles. The van der Waals surface area contributed by atoms with Gasteiger partial charge in [0, 0.05) is 48.2 Å². The molecule has 0 radical (unpaired) electrons. The molecule has 1 aliphatic rings. The third-order valence-corrected chi connectivity index (χ3v) is 8.61. The first-order valence-corrected chi connectivity index (χ1v) is 14.9. The topological polar surface area (TPSA) is 116 Å². The minimum Gasteiger partial charge on any atom is -0.462 e. The smallest absolute Gasteiger partial charge is 0.319 e. The zero-order chi connectivity index (χ0) is 31.0. The molecule has 4 aromatic rings. The average Bonchev–Trinajstić information content (AvgIpc) is 3.37. The third kappa shape index (κ3) is 5.59. The van der Waals surface area contributed by atoms with Crippen LogP contribution in [0.2, 0.25) is 5.02 Å². The van der Waals surface area contributed by atoms with Gasteiger partial charge < -0.3 is 25.2 Å². The van der Waals surface area contributed by atoms with E-state index in [1.165, 1.54) is 6.08 Å². The van der Waals surface area contributed by atoms with Crippen molar-refractivity contribution < 1.29 is 13.9 Å². The van der Waals surface area contributed by atoms with Gasteiger partial charge in [-0.1, -0.05) is 38.1 Å². The number of benzene rings is 2. The lowest BCUT2D eigenvalue weighted by Gasteiger charge is -2.44. The lowest BCUT2D eigenvalue weighted by molar-refractivity contribution is -0.128. The second kappa shape index (κ2) is 12.3. The number of piperazine rings is 1. The summed E-state index contributed by atoms with van der Waals surface area (Å²) in [4.78, 5) is 27.9. The molecule has 10 nitrogen and oxygen atoms in total. The third-order valence-electron chi connectivity index (χ3n) is 8.31. The fourth-order valence-corrected chi connectivity index (χ4v) is 6.18. The number of halogens is 2. The van der Waals surface area contributed by atoms with Crippen LogP contribution in [0.3, 0.4) is 0 Å². The maximum Gasteiger partial charge on any atom is 0.319 e. The number of amides is 1. The summed E-state index contributed by atoms with van der Waals surface area (Å²) in [6.07, 6.45) is 1.33. The van der Waals surface area contributed by atoms with Crippen molar-refractivity contribution in [2.45, 2.75) is 46.7 Å². The van der Waals surface area contributed by atoms with E-state index in [0.717, 1.165) is 18.7 Å². The summed E-state index contributed by atoms with van der Waals surface area (Å²) in [7, 11) is 0. The molecule has 43 heavy (non-hydrogen) atoms. The normalized spacial score (nSPS) is 17.3. The Hall–Kier alpha value is -3.96. The van der Waals surface area contributed by atoms with Crippen LogP contribution in [0.25, 0.3) is 32.9 Å². The van der Waals surface area contributed by atoms with Crippen LogP contribution in [0.1, 0.15) is 33.3 Å². The number of ether oxygens (including phenoxy) is 1. The molecule has 1 amide bonds. The van der Waals surface area contributed by atoms with E-state index in [0.29, 0.717) is 53.9 Å². The van der Waals surface area contributed by atoms with Gasteiger partial charge in [0.25, 0.3) is 0 Å². The van der Waals surface area contributed by atoms with E-state index in [1.54, 1.807) is 11.0 Å². The number of anilines is 2. The van der Waals surface area contributed by atoms with Crippen molar-refractivity contribution in [1.82, 2.24) is 30.0 Å². The number of aromatic amines is 1. The number of likely N-dealkylation sites (N-methyl/N-ethyl adjacent to an activating group) is 1. The van der Waals surface area contributed by atoms with Crippen LogP contribution >= 0.6 is 11.6 Å². The molecule has 228 valence electrons. The summed E-state index contributed by atoms with van der Waals surface area (Å²) in [5, 5.41) is 8.27. The molecule has 0 bridgehead atoms. The standard InChI is InChI=1S/C31H38ClFN8O2/c1-7-23(42)40-15-19(6)41(16-18(40)5)30-20-14-21(32)25(24-17(4)10-11-22-26(24)29(34)38-37-22)27(33)28(20)35-31(36-30)43-13-12-39(8-2)9-3/h7,10-11,14,18-19H,1,8-9,12-13,15-16H2,2-6H3,(H3,34,37,38)/t18-,19+/m1/s1. The fraction of sp³-hybridized carbons (Fsp3) is 0.419. The molecule has 12 heteroatoms. The Bertz CT molecular complexity index is 1690. The molecule has 2 aromatic heterocycles. The van der Waals surface area contributed by atoms with E-state index in [2.05, 4.69) is 45.4 Å². The SMILES string of the molecule is C=CC(=O)N1C[C@H](C)N(c2nc(OCCN(CC)CC)nc3c(F)c(-c4c(C)ccc5[nH]nc(N)c45)c(Cl)cc23)C[C@H]1C. The molecular weight excluding hydrogens is 571 g/mol. The summed E-state index contributed by atoms with van der Waals surface area (Å²) in [5.74, 6) is 0.0201. The first-order valence-electron chi connectivity index (χ1n) is 14.6. The number of nitrogens with one attached hydrogen (secondary N) is 1. The predicted octanol–water partition coefficient (Wildman–Crippen LogP) is 5.19. The first kappa shape index (κ1) is 30.5. The van der Waals surface area contributed by atoms with E-state index >= 15 is 4.39 Å². The quantitative estimate of drug-likeness (QED) is 0.250. The Morgan fingerprint density at radius 3 is 2.67 bits per heavy atom. The number of nitrogen functional groups attached to an aromatic ring is 1. The number of carbonyl (C=O) groups excluding carboxylic acids is 1. The Balaban J connectivity index is 1.68. The van der Waals surface area contributed by atoms with Gasteiger partial charge in [0.2, 0.25) is 5.91 Å². The number of hydrogen-bond donors (Lipinski definition) is 2. The number of hydrogen-bond acceptors (Lipinski definition) is 8. The highest BCUT2D eigenvalue weighted by Gasteiger charge is 2.34. The molecule has 0 unspecified atom stereocenters. The van der Waals surface area contributed by atoms with Gasteiger partial charge in [-0.15, -0.1) is 0 Å². The van der Waals surface area contributed by atoms with Crippen LogP contribution in [-0.2, 0) is 4.79 Å². The Morgan fingerprint density at radius 1 is 1.23 bits per heavy atom. The largest absolute Gasteiger partial charge is 0.462 e. The summed E-state index contributed by atoms with van der Waals surface area (Å²) in [5.41, 5.74) is 8.50. The maximum absolute atomic E-state index is 16.8. The van der Waals surface area contributed by atoms with Crippen LogP contribution in [-0.4, -0.2) is 87.3 Å². The van der Waals surface area contributed by atoms with Crippen molar-refractivity contribution in [2.75, 3.05) is 50.0 Å². The number of aromatic nitrogens is 4. The zero-order valence-corrected chi connectivity index (χ0v) is 26.0. The molecule has 1 saturated heterocycles. The summed E-state index contributed by atoms with van der Waals surface area (Å²) in [6, 6.07) is 5.23. The average molecular weight is 609 g/mol. The Labute approximate surface area is 255 Å². The molecule has 3 N–H and O–H groups in total. The Morgan fingerprint density at radius 2 is 1.98 bits per heavy atom. The van der Waals surface area contributed by atoms with E-state index < -0.39 is 5.82 Å². The molecule has 0 saturated carbocycles. The molecule has 0 spiro atoms. The van der Waals surface area contributed by atoms with Crippen molar-refractivity contribution in [1.29, 1.82) is 0 Å². The first-order chi connectivity index (χ1) is 20.6. The van der Waals surface area contributed by atoms with Crippen LogP contribution in [0.15, 0.2) is 30.9 Å².